The maximum absolute atomic E-state index is 9.62. The van der Waals surface area contributed by atoms with Crippen molar-refractivity contribution < 1.29 is 14.9 Å². The molecule has 0 radical (unpaired) electrons. The lowest BCUT2D eigenvalue weighted by Gasteiger charge is -2.29. The van der Waals surface area contributed by atoms with Gasteiger partial charge in [0.2, 0.25) is 0 Å². The van der Waals surface area contributed by atoms with Gasteiger partial charge in [0.05, 0.1) is 0 Å². The fourth-order valence-electron chi connectivity index (χ4n) is 1.95. The molecular formula is C12H16O3. The molecule has 1 aliphatic heterocycles. The third-order valence-electron chi connectivity index (χ3n) is 2.87. The maximum atomic E-state index is 9.62. The van der Waals surface area contributed by atoms with Crippen LogP contribution in [0.25, 0.3) is 0 Å². The van der Waals surface area contributed by atoms with Crippen molar-refractivity contribution in [3.63, 3.8) is 0 Å². The Morgan fingerprint density at radius 3 is 2.73 bits per heavy atom. The molecule has 2 rings (SSSR count). The Morgan fingerprint density at radius 1 is 1.33 bits per heavy atom. The minimum atomic E-state index is 0.0515. The first-order valence-electron chi connectivity index (χ1n) is 5.29. The number of rotatable bonds is 1. The molecular weight excluding hydrogens is 192 g/mol. The summed E-state index contributed by atoms with van der Waals surface area (Å²) in [4.78, 5) is 0. The molecule has 1 aromatic rings. The summed E-state index contributed by atoms with van der Waals surface area (Å²) >= 11 is 0. The van der Waals surface area contributed by atoms with E-state index in [1.165, 1.54) is 6.07 Å². The van der Waals surface area contributed by atoms with Gasteiger partial charge in [-0.25, -0.2) is 0 Å². The number of hydrogen-bond donors (Lipinski definition) is 2. The van der Waals surface area contributed by atoms with Crippen molar-refractivity contribution >= 4 is 0 Å². The molecule has 15 heavy (non-hydrogen) atoms. The van der Waals surface area contributed by atoms with E-state index in [9.17, 15) is 10.2 Å². The lowest BCUT2D eigenvalue weighted by molar-refractivity contribution is 0.125. The highest BCUT2D eigenvalue weighted by atomic mass is 16.5. The second-order valence-electron chi connectivity index (χ2n) is 4.38. The van der Waals surface area contributed by atoms with Gasteiger partial charge < -0.3 is 14.9 Å². The van der Waals surface area contributed by atoms with Gasteiger partial charge in [0.15, 0.2) is 0 Å². The van der Waals surface area contributed by atoms with Gasteiger partial charge in [-0.05, 0) is 18.8 Å². The van der Waals surface area contributed by atoms with Gasteiger partial charge in [-0.15, -0.1) is 0 Å². The minimum absolute atomic E-state index is 0.0515. The number of aromatic hydroxyl groups is 2. The number of fused-ring (bicyclic) bond motifs is 1. The van der Waals surface area contributed by atoms with E-state index < -0.39 is 0 Å². The fourth-order valence-corrected chi connectivity index (χ4v) is 1.95. The molecule has 1 aromatic carbocycles. The van der Waals surface area contributed by atoms with Gasteiger partial charge in [0, 0.05) is 17.7 Å². The van der Waals surface area contributed by atoms with Crippen LogP contribution in [-0.4, -0.2) is 16.3 Å². The monoisotopic (exact) mass is 208 g/mol. The number of phenols is 2. The first-order valence-corrected chi connectivity index (χ1v) is 5.29. The van der Waals surface area contributed by atoms with Crippen molar-refractivity contribution in [1.82, 2.24) is 0 Å². The molecule has 1 aliphatic rings. The highest BCUT2D eigenvalue weighted by Crippen LogP contribution is 2.38. The topological polar surface area (TPSA) is 49.7 Å². The van der Waals surface area contributed by atoms with E-state index in [0.29, 0.717) is 11.7 Å². The van der Waals surface area contributed by atoms with Gasteiger partial charge in [-0.3, -0.25) is 0 Å². The summed E-state index contributed by atoms with van der Waals surface area (Å²) in [5.74, 6) is 1.25. The third-order valence-corrected chi connectivity index (χ3v) is 2.87. The van der Waals surface area contributed by atoms with Crippen LogP contribution in [0.5, 0.6) is 17.2 Å². The Bertz CT molecular complexity index is 371. The van der Waals surface area contributed by atoms with E-state index in [4.69, 9.17) is 4.74 Å². The van der Waals surface area contributed by atoms with Gasteiger partial charge >= 0.3 is 0 Å². The summed E-state index contributed by atoms with van der Waals surface area (Å²) in [6.45, 7) is 4.22. The van der Waals surface area contributed by atoms with Gasteiger partial charge in [0.25, 0.3) is 0 Å². The molecule has 0 bridgehead atoms. The average Bonchev–Trinajstić information content (AvgIpc) is 2.16. The summed E-state index contributed by atoms with van der Waals surface area (Å²) in [5.41, 5.74) is 0.810. The zero-order valence-corrected chi connectivity index (χ0v) is 9.03. The first-order chi connectivity index (χ1) is 7.08. The second-order valence-corrected chi connectivity index (χ2v) is 4.38. The lowest BCUT2D eigenvalue weighted by Crippen LogP contribution is -2.27. The molecule has 0 fully saturated rings. The molecule has 0 aliphatic carbocycles. The molecule has 0 aromatic heterocycles. The van der Waals surface area contributed by atoms with Crippen LogP contribution in [0, 0.1) is 5.92 Å². The number of phenolic OH excluding ortho intramolecular Hbond substituents is 2. The van der Waals surface area contributed by atoms with Gasteiger partial charge in [-0.1, -0.05) is 13.8 Å². The summed E-state index contributed by atoms with van der Waals surface area (Å²) < 4.78 is 5.74. The van der Waals surface area contributed by atoms with E-state index >= 15 is 0 Å². The van der Waals surface area contributed by atoms with Crippen molar-refractivity contribution in [3.8, 4) is 17.2 Å². The average molecular weight is 208 g/mol. The molecule has 0 spiro atoms. The van der Waals surface area contributed by atoms with Crippen molar-refractivity contribution in [1.29, 1.82) is 0 Å². The molecule has 0 unspecified atom stereocenters. The van der Waals surface area contributed by atoms with Gasteiger partial charge in [0.1, 0.15) is 23.4 Å². The Hall–Kier alpha value is -1.38. The molecule has 2 N–H and O–H groups in total. The summed E-state index contributed by atoms with van der Waals surface area (Å²) in [6.07, 6.45) is 1.91. The summed E-state index contributed by atoms with van der Waals surface area (Å²) in [5, 5.41) is 19.0. The predicted octanol–water partition coefficient (Wildman–Crippen LogP) is 2.45. The Labute approximate surface area is 89.3 Å². The molecule has 82 valence electrons. The first kappa shape index (κ1) is 10.1. The Balaban J connectivity index is 2.33. The molecule has 3 heteroatoms. The predicted molar refractivity (Wildman–Crippen MR) is 57.3 cm³/mol. The van der Waals surface area contributed by atoms with Crippen molar-refractivity contribution in [3.05, 3.63) is 17.7 Å². The molecule has 1 atom stereocenters. The molecule has 0 saturated carbocycles. The van der Waals surface area contributed by atoms with Gasteiger partial charge in [-0.2, -0.15) is 0 Å². The third kappa shape index (κ3) is 1.87. The quantitative estimate of drug-likeness (QED) is 0.745. The molecule has 3 nitrogen and oxygen atoms in total. The second kappa shape index (κ2) is 3.65. The smallest absolute Gasteiger partial charge is 0.130 e. The van der Waals surface area contributed by atoms with Crippen LogP contribution in [0.2, 0.25) is 0 Å². The largest absolute Gasteiger partial charge is 0.508 e. The van der Waals surface area contributed by atoms with E-state index in [1.54, 1.807) is 6.07 Å². The molecule has 0 saturated heterocycles. The minimum Gasteiger partial charge on any atom is -0.508 e. The zero-order chi connectivity index (χ0) is 11.0. The highest BCUT2D eigenvalue weighted by Gasteiger charge is 2.24. The SMILES string of the molecule is CC(C)[C@@H]1CCc2c(O)cc(O)cc2O1. The van der Waals surface area contributed by atoms with Crippen LogP contribution < -0.4 is 4.74 Å². The van der Waals surface area contributed by atoms with Crippen molar-refractivity contribution in [2.75, 3.05) is 0 Å². The Kier molecular flexibility index (Phi) is 2.47. The van der Waals surface area contributed by atoms with Crippen LogP contribution in [0.15, 0.2) is 12.1 Å². The maximum Gasteiger partial charge on any atom is 0.130 e. The molecule has 0 amide bonds. The highest BCUT2D eigenvalue weighted by molar-refractivity contribution is 5.50. The summed E-state index contributed by atoms with van der Waals surface area (Å²) in [6, 6.07) is 2.93. The fraction of sp³-hybridized carbons (Fsp3) is 0.500. The normalized spacial score (nSPS) is 19.8. The van der Waals surface area contributed by atoms with E-state index in [1.807, 2.05) is 0 Å². The lowest BCUT2D eigenvalue weighted by atomic mass is 9.95. The van der Waals surface area contributed by atoms with Crippen LogP contribution in [0.3, 0.4) is 0 Å². The van der Waals surface area contributed by atoms with E-state index in [-0.39, 0.29) is 17.6 Å². The van der Waals surface area contributed by atoms with Crippen molar-refractivity contribution in [2.24, 2.45) is 5.92 Å². The Morgan fingerprint density at radius 2 is 2.07 bits per heavy atom. The van der Waals surface area contributed by atoms with E-state index in [0.717, 1.165) is 18.4 Å². The number of ether oxygens (including phenoxy) is 1. The number of hydrogen-bond acceptors (Lipinski definition) is 3. The van der Waals surface area contributed by atoms with Crippen LogP contribution in [-0.2, 0) is 6.42 Å². The zero-order valence-electron chi connectivity index (χ0n) is 9.03. The van der Waals surface area contributed by atoms with Crippen molar-refractivity contribution in [2.45, 2.75) is 32.8 Å². The summed E-state index contributed by atoms with van der Waals surface area (Å²) in [7, 11) is 0. The van der Waals surface area contributed by atoms with E-state index in [2.05, 4.69) is 13.8 Å². The molecule has 1 heterocycles. The van der Waals surface area contributed by atoms with Crippen LogP contribution >= 0.6 is 0 Å². The number of benzene rings is 1. The van der Waals surface area contributed by atoms with Crippen LogP contribution in [0.1, 0.15) is 25.8 Å². The standard InChI is InChI=1S/C12H16O3/c1-7(2)11-4-3-9-10(14)5-8(13)6-12(9)15-11/h5-7,11,13-14H,3-4H2,1-2H3/t11-/m0/s1. The van der Waals surface area contributed by atoms with Crippen LogP contribution in [0.4, 0.5) is 0 Å².